The predicted octanol–water partition coefficient (Wildman–Crippen LogP) is 6.28. The van der Waals surface area contributed by atoms with Crippen molar-refractivity contribution in [3.8, 4) is 0 Å². The summed E-state index contributed by atoms with van der Waals surface area (Å²) in [5.41, 5.74) is 4.18. The maximum Gasteiger partial charge on any atom is 0.415 e. The van der Waals surface area contributed by atoms with Gasteiger partial charge < -0.3 is 4.74 Å². The molecule has 0 saturated carbocycles. The second kappa shape index (κ2) is 7.97. The van der Waals surface area contributed by atoms with Crippen LogP contribution in [0.5, 0.6) is 0 Å². The molecule has 1 aliphatic heterocycles. The molecule has 0 spiro atoms. The molecule has 27 heavy (non-hydrogen) atoms. The minimum Gasteiger partial charge on any atom is -0.444 e. The van der Waals surface area contributed by atoms with Crippen molar-refractivity contribution >= 4 is 27.7 Å². The quantitative estimate of drug-likeness (QED) is 0.497. The van der Waals surface area contributed by atoms with E-state index in [2.05, 4.69) is 28.1 Å². The molecule has 3 aromatic carbocycles. The normalized spacial score (nSPS) is 15.9. The molecule has 0 radical (unpaired) electrons. The average molecular weight is 422 g/mol. The second-order valence-corrected chi connectivity index (χ2v) is 7.47. The van der Waals surface area contributed by atoms with E-state index >= 15 is 0 Å². The van der Waals surface area contributed by atoms with Crippen LogP contribution >= 0.6 is 15.9 Å². The van der Waals surface area contributed by atoms with Crippen molar-refractivity contribution in [2.75, 3.05) is 4.90 Å². The number of fused-ring (bicyclic) bond motifs is 1. The summed E-state index contributed by atoms with van der Waals surface area (Å²) in [7, 11) is 0. The molecule has 3 nitrogen and oxygen atoms in total. The van der Waals surface area contributed by atoms with E-state index in [9.17, 15) is 4.79 Å². The molecule has 0 N–H and O–H groups in total. The summed E-state index contributed by atoms with van der Waals surface area (Å²) >= 11 is 3.63. The first-order valence-corrected chi connectivity index (χ1v) is 9.85. The number of carbonyl (C=O) groups is 1. The van der Waals surface area contributed by atoms with Gasteiger partial charge in [0.2, 0.25) is 0 Å². The molecule has 0 fully saturated rings. The summed E-state index contributed by atoms with van der Waals surface area (Å²) in [4.78, 5) is 14.9. The molecular weight excluding hydrogens is 402 g/mol. The van der Waals surface area contributed by atoms with E-state index in [1.165, 1.54) is 0 Å². The molecule has 0 aliphatic carbocycles. The number of benzene rings is 3. The van der Waals surface area contributed by atoms with Crippen LogP contribution in [0.2, 0.25) is 0 Å². The molecule has 0 bridgehead atoms. The van der Waals surface area contributed by atoms with E-state index in [0.717, 1.165) is 39.7 Å². The largest absolute Gasteiger partial charge is 0.444 e. The molecule has 1 aliphatic rings. The molecule has 4 rings (SSSR count). The number of amides is 1. The van der Waals surface area contributed by atoms with Crippen LogP contribution in [0.25, 0.3) is 0 Å². The summed E-state index contributed by atoms with van der Waals surface area (Å²) in [6, 6.07) is 25.9. The Morgan fingerprint density at radius 2 is 1.67 bits per heavy atom. The average Bonchev–Trinajstić information content (AvgIpc) is 2.73. The van der Waals surface area contributed by atoms with Gasteiger partial charge in [-0.25, -0.2) is 4.79 Å². The third kappa shape index (κ3) is 3.76. The molecule has 0 aromatic heterocycles. The summed E-state index contributed by atoms with van der Waals surface area (Å²) < 4.78 is 6.72. The molecule has 1 unspecified atom stereocenters. The Hall–Kier alpha value is -2.59. The lowest BCUT2D eigenvalue weighted by Gasteiger charge is -2.37. The van der Waals surface area contributed by atoms with Gasteiger partial charge in [0, 0.05) is 4.47 Å². The number of ether oxygens (including phenoxy) is 1. The van der Waals surface area contributed by atoms with Crippen LogP contribution in [0.15, 0.2) is 83.3 Å². The van der Waals surface area contributed by atoms with E-state index in [1.54, 1.807) is 0 Å². The van der Waals surface area contributed by atoms with Crippen molar-refractivity contribution < 1.29 is 9.53 Å². The van der Waals surface area contributed by atoms with Gasteiger partial charge in [-0.2, -0.15) is 0 Å². The molecular formula is C23H20BrNO2. The van der Waals surface area contributed by atoms with E-state index in [4.69, 9.17) is 4.74 Å². The second-order valence-electron chi connectivity index (χ2n) is 6.61. The lowest BCUT2D eigenvalue weighted by atomic mass is 9.91. The third-order valence-electron chi connectivity index (χ3n) is 4.92. The fourth-order valence-corrected chi connectivity index (χ4v) is 4.16. The van der Waals surface area contributed by atoms with Crippen molar-refractivity contribution in [1.82, 2.24) is 0 Å². The number of rotatable bonds is 3. The van der Waals surface area contributed by atoms with Gasteiger partial charge in [-0.3, -0.25) is 4.90 Å². The van der Waals surface area contributed by atoms with E-state index in [1.807, 2.05) is 71.6 Å². The zero-order valence-corrected chi connectivity index (χ0v) is 16.4. The van der Waals surface area contributed by atoms with Gasteiger partial charge in [0.25, 0.3) is 0 Å². The van der Waals surface area contributed by atoms with Gasteiger partial charge in [-0.15, -0.1) is 0 Å². The van der Waals surface area contributed by atoms with E-state index < -0.39 is 0 Å². The topological polar surface area (TPSA) is 29.5 Å². The molecule has 3 aromatic rings. The smallest absolute Gasteiger partial charge is 0.415 e. The van der Waals surface area contributed by atoms with Gasteiger partial charge in [-0.05, 0) is 41.7 Å². The first kappa shape index (κ1) is 17.8. The molecule has 1 heterocycles. The van der Waals surface area contributed by atoms with Crippen LogP contribution in [0.1, 0.15) is 29.2 Å². The Morgan fingerprint density at radius 3 is 2.41 bits per heavy atom. The SMILES string of the molecule is O=C(OCc1ccccc1)N1c2cccc(Br)c2CCC1c1ccccc1. The summed E-state index contributed by atoms with van der Waals surface area (Å²) in [5.74, 6) is 0. The van der Waals surface area contributed by atoms with Gasteiger partial charge >= 0.3 is 6.09 Å². The monoisotopic (exact) mass is 421 g/mol. The fraction of sp³-hybridized carbons (Fsp3) is 0.174. The zero-order valence-electron chi connectivity index (χ0n) is 14.8. The zero-order chi connectivity index (χ0) is 18.6. The first-order chi connectivity index (χ1) is 13.2. The van der Waals surface area contributed by atoms with Crippen molar-refractivity contribution in [1.29, 1.82) is 0 Å². The first-order valence-electron chi connectivity index (χ1n) is 9.06. The van der Waals surface area contributed by atoms with Crippen molar-refractivity contribution in [3.63, 3.8) is 0 Å². The van der Waals surface area contributed by atoms with Crippen molar-refractivity contribution in [2.45, 2.75) is 25.5 Å². The van der Waals surface area contributed by atoms with Gasteiger partial charge in [-0.1, -0.05) is 82.7 Å². The number of nitrogens with zero attached hydrogens (tertiary/aromatic N) is 1. The number of carbonyl (C=O) groups excluding carboxylic acids is 1. The Labute approximate surface area is 167 Å². The van der Waals surface area contributed by atoms with Gasteiger partial charge in [0.05, 0.1) is 11.7 Å². The standard InChI is InChI=1S/C23H20BrNO2/c24-20-12-7-13-22-19(20)14-15-21(18-10-5-2-6-11-18)25(22)23(26)27-16-17-8-3-1-4-9-17/h1-13,21H,14-16H2. The van der Waals surface area contributed by atoms with Crippen LogP contribution in [0.4, 0.5) is 10.5 Å². The summed E-state index contributed by atoms with van der Waals surface area (Å²) in [6.07, 6.45) is 1.46. The third-order valence-corrected chi connectivity index (χ3v) is 5.66. The Kier molecular flexibility index (Phi) is 5.26. The Balaban J connectivity index is 1.66. The molecule has 136 valence electrons. The van der Waals surface area contributed by atoms with Crippen LogP contribution in [-0.2, 0) is 17.8 Å². The van der Waals surface area contributed by atoms with Crippen LogP contribution in [0.3, 0.4) is 0 Å². The van der Waals surface area contributed by atoms with E-state index in [-0.39, 0.29) is 18.7 Å². The number of anilines is 1. The lowest BCUT2D eigenvalue weighted by molar-refractivity contribution is 0.143. The number of hydrogen-bond acceptors (Lipinski definition) is 2. The predicted molar refractivity (Wildman–Crippen MR) is 111 cm³/mol. The Bertz CT molecular complexity index is 928. The van der Waals surface area contributed by atoms with Crippen LogP contribution < -0.4 is 4.90 Å². The summed E-state index contributed by atoms with van der Waals surface area (Å²) in [6.45, 7) is 0.265. The maximum atomic E-state index is 13.1. The van der Waals surface area contributed by atoms with Crippen LogP contribution in [0, 0.1) is 0 Å². The van der Waals surface area contributed by atoms with Crippen molar-refractivity contribution in [3.05, 3.63) is 100 Å². The highest BCUT2D eigenvalue weighted by atomic mass is 79.9. The highest BCUT2D eigenvalue weighted by Gasteiger charge is 2.33. The minimum atomic E-state index is -0.313. The van der Waals surface area contributed by atoms with Crippen molar-refractivity contribution in [2.24, 2.45) is 0 Å². The lowest BCUT2D eigenvalue weighted by Crippen LogP contribution is -2.38. The summed E-state index contributed by atoms with van der Waals surface area (Å²) in [5, 5.41) is 0. The van der Waals surface area contributed by atoms with Gasteiger partial charge in [0.15, 0.2) is 0 Å². The van der Waals surface area contributed by atoms with Crippen LogP contribution in [-0.4, -0.2) is 6.09 Å². The molecule has 0 saturated heterocycles. The van der Waals surface area contributed by atoms with E-state index in [0.29, 0.717) is 0 Å². The highest BCUT2D eigenvalue weighted by molar-refractivity contribution is 9.10. The highest BCUT2D eigenvalue weighted by Crippen LogP contribution is 2.41. The maximum absolute atomic E-state index is 13.1. The Morgan fingerprint density at radius 1 is 0.963 bits per heavy atom. The molecule has 1 amide bonds. The molecule has 4 heteroatoms. The fourth-order valence-electron chi connectivity index (χ4n) is 3.60. The minimum absolute atomic E-state index is 0.0312. The molecule has 1 atom stereocenters. The number of halogens is 1. The van der Waals surface area contributed by atoms with Gasteiger partial charge in [0.1, 0.15) is 6.61 Å². The number of hydrogen-bond donors (Lipinski definition) is 0.